The Bertz CT molecular complexity index is 315. The molecule has 0 aliphatic heterocycles. The number of ether oxygens (including phenoxy) is 1. The van der Waals surface area contributed by atoms with Crippen LogP contribution in [0.3, 0.4) is 0 Å². The zero-order chi connectivity index (χ0) is 10.8. The van der Waals surface area contributed by atoms with Crippen molar-refractivity contribution in [3.05, 3.63) is 34.3 Å². The second-order valence-electron chi connectivity index (χ2n) is 2.21. The molecule has 0 atom stereocenters. The molecule has 0 aliphatic carbocycles. The lowest BCUT2D eigenvalue weighted by Crippen LogP contribution is -1.80. The first-order valence-electron chi connectivity index (χ1n) is 4.02. The Kier molecular flexibility index (Phi) is 7.58. The maximum absolute atomic E-state index is 9.18. The molecule has 1 aromatic rings. The monoisotopic (exact) mass is 254 g/mol. The first-order valence-corrected chi connectivity index (χ1v) is 4.81. The summed E-state index contributed by atoms with van der Waals surface area (Å²) in [6.45, 7) is 2.66. The average Bonchev–Trinajstić information content (AvgIpc) is 2.20. The van der Waals surface area contributed by atoms with Gasteiger partial charge >= 0.3 is 0 Å². The Morgan fingerprint density at radius 3 is 2.64 bits per heavy atom. The number of hydrogen-bond donors (Lipinski definition) is 0. The third kappa shape index (κ3) is 6.27. The van der Waals surface area contributed by atoms with Crippen molar-refractivity contribution in [1.29, 1.82) is 0 Å². The van der Waals surface area contributed by atoms with Crippen molar-refractivity contribution in [2.75, 3.05) is 6.61 Å². The van der Waals surface area contributed by atoms with Gasteiger partial charge < -0.3 is 4.74 Å². The van der Waals surface area contributed by atoms with Gasteiger partial charge in [-0.2, -0.15) is 0 Å². The lowest BCUT2D eigenvalue weighted by molar-refractivity contribution is -0.128. The minimum Gasteiger partial charge on any atom is -0.468 e. The van der Waals surface area contributed by atoms with E-state index in [1.165, 1.54) is 0 Å². The quantitative estimate of drug-likeness (QED) is 0.599. The second kappa shape index (κ2) is 8.33. The Hall–Kier alpha value is -1.27. The van der Waals surface area contributed by atoms with Gasteiger partial charge in [0.25, 0.3) is 6.47 Å². The van der Waals surface area contributed by atoms with Gasteiger partial charge in [-0.3, -0.25) is 4.79 Å². The first-order chi connectivity index (χ1) is 6.74. The zero-order valence-electron chi connectivity index (χ0n) is 7.87. The summed E-state index contributed by atoms with van der Waals surface area (Å²) in [6, 6.07) is 7.66. The molecule has 0 heterocycles. The van der Waals surface area contributed by atoms with Gasteiger partial charge in [0, 0.05) is 10.0 Å². The summed E-state index contributed by atoms with van der Waals surface area (Å²) in [5.74, 6) is 2.54. The largest absolute Gasteiger partial charge is 0.468 e. The van der Waals surface area contributed by atoms with Crippen LogP contribution in [0.15, 0.2) is 28.7 Å². The summed E-state index contributed by atoms with van der Waals surface area (Å²) in [5.41, 5.74) is 0.907. The first kappa shape index (κ1) is 12.7. The van der Waals surface area contributed by atoms with Gasteiger partial charge in [0.15, 0.2) is 0 Å². The van der Waals surface area contributed by atoms with E-state index in [4.69, 9.17) is 6.42 Å². The highest BCUT2D eigenvalue weighted by molar-refractivity contribution is 9.10. The van der Waals surface area contributed by atoms with Gasteiger partial charge in [-0.25, -0.2) is 0 Å². The molecule has 74 valence electrons. The minimum absolute atomic E-state index is 0.431. The molecule has 1 aromatic carbocycles. The highest BCUT2D eigenvalue weighted by Crippen LogP contribution is 2.09. The third-order valence-corrected chi connectivity index (χ3v) is 1.72. The number of carbonyl (C=O) groups excluding carboxylic acids is 1. The molecule has 2 nitrogen and oxygen atoms in total. The van der Waals surface area contributed by atoms with Crippen LogP contribution >= 0.6 is 15.9 Å². The summed E-state index contributed by atoms with van der Waals surface area (Å²) in [6.07, 6.45) is 5.15. The number of carbonyl (C=O) groups is 1. The van der Waals surface area contributed by atoms with Crippen LogP contribution in [0.2, 0.25) is 0 Å². The van der Waals surface area contributed by atoms with Crippen molar-refractivity contribution >= 4 is 22.4 Å². The zero-order valence-corrected chi connectivity index (χ0v) is 9.45. The predicted octanol–water partition coefficient (Wildman–Crippen LogP) is 2.61. The maximum Gasteiger partial charge on any atom is 0.293 e. The number of rotatable bonds is 2. The molecule has 3 heteroatoms. The molecule has 1 rings (SSSR count). The molecule has 0 bridgehead atoms. The van der Waals surface area contributed by atoms with Crippen molar-refractivity contribution in [1.82, 2.24) is 0 Å². The van der Waals surface area contributed by atoms with Crippen molar-refractivity contribution in [3.63, 3.8) is 0 Å². The van der Waals surface area contributed by atoms with Crippen LogP contribution in [0.5, 0.6) is 0 Å². The summed E-state index contributed by atoms with van der Waals surface area (Å²) < 4.78 is 5.18. The van der Waals surface area contributed by atoms with E-state index in [2.05, 4.69) is 26.6 Å². The van der Waals surface area contributed by atoms with E-state index in [0.29, 0.717) is 13.1 Å². The molecule has 0 fully saturated rings. The SMILES string of the molecule is C#Cc1cccc(Br)c1.CCOC=O. The molecule has 0 amide bonds. The van der Waals surface area contributed by atoms with Crippen molar-refractivity contribution < 1.29 is 9.53 Å². The van der Waals surface area contributed by atoms with E-state index in [0.717, 1.165) is 10.0 Å². The van der Waals surface area contributed by atoms with E-state index in [1.807, 2.05) is 24.3 Å². The fraction of sp³-hybridized carbons (Fsp3) is 0.182. The fourth-order valence-corrected chi connectivity index (χ4v) is 1.05. The lowest BCUT2D eigenvalue weighted by atomic mass is 10.2. The van der Waals surface area contributed by atoms with E-state index >= 15 is 0 Å². The lowest BCUT2D eigenvalue weighted by Gasteiger charge is -1.88. The van der Waals surface area contributed by atoms with Crippen LogP contribution in [0.4, 0.5) is 0 Å². The Morgan fingerprint density at radius 2 is 2.36 bits per heavy atom. The van der Waals surface area contributed by atoms with Crippen LogP contribution in [-0.2, 0) is 9.53 Å². The van der Waals surface area contributed by atoms with E-state index in [1.54, 1.807) is 6.92 Å². The molecule has 14 heavy (non-hydrogen) atoms. The summed E-state index contributed by atoms with van der Waals surface area (Å²) in [7, 11) is 0. The number of halogens is 1. The van der Waals surface area contributed by atoms with Gasteiger partial charge in [-0.15, -0.1) is 6.42 Å². The van der Waals surface area contributed by atoms with E-state index in [-0.39, 0.29) is 0 Å². The number of terminal acetylenes is 1. The molecular weight excluding hydrogens is 244 g/mol. The van der Waals surface area contributed by atoms with Gasteiger partial charge in [-0.05, 0) is 25.1 Å². The summed E-state index contributed by atoms with van der Waals surface area (Å²) in [4.78, 5) is 9.18. The predicted molar refractivity (Wildman–Crippen MR) is 59.8 cm³/mol. The average molecular weight is 255 g/mol. The Balaban J connectivity index is 0.000000292. The van der Waals surface area contributed by atoms with Crippen LogP contribution in [0, 0.1) is 12.3 Å². The smallest absolute Gasteiger partial charge is 0.293 e. The molecule has 0 radical (unpaired) electrons. The molecule has 0 spiro atoms. The molecule has 0 saturated carbocycles. The van der Waals surface area contributed by atoms with Gasteiger partial charge in [0.2, 0.25) is 0 Å². The number of hydrogen-bond acceptors (Lipinski definition) is 2. The molecule has 0 aliphatic rings. The van der Waals surface area contributed by atoms with Crippen LogP contribution < -0.4 is 0 Å². The van der Waals surface area contributed by atoms with E-state index < -0.39 is 0 Å². The third-order valence-electron chi connectivity index (χ3n) is 1.23. The number of benzene rings is 1. The molecule has 0 aromatic heterocycles. The van der Waals surface area contributed by atoms with Gasteiger partial charge in [0.1, 0.15) is 0 Å². The Morgan fingerprint density at radius 1 is 1.64 bits per heavy atom. The standard InChI is InChI=1S/C8H5Br.C3H6O2/c1-2-7-4-3-5-8(9)6-7;1-2-5-3-4/h1,3-6H;3H,2H2,1H3. The van der Waals surface area contributed by atoms with Crippen LogP contribution in [-0.4, -0.2) is 13.1 Å². The summed E-state index contributed by atoms with van der Waals surface area (Å²) in [5, 5.41) is 0. The van der Waals surface area contributed by atoms with Crippen molar-refractivity contribution in [2.45, 2.75) is 6.92 Å². The highest BCUT2D eigenvalue weighted by Gasteiger charge is 1.85. The minimum atomic E-state index is 0.431. The maximum atomic E-state index is 9.18. The molecular formula is C11H11BrO2. The van der Waals surface area contributed by atoms with Gasteiger partial charge in [0.05, 0.1) is 6.61 Å². The molecule has 0 N–H and O–H groups in total. The van der Waals surface area contributed by atoms with Crippen molar-refractivity contribution in [2.24, 2.45) is 0 Å². The Labute approximate surface area is 92.4 Å². The topological polar surface area (TPSA) is 26.3 Å². The van der Waals surface area contributed by atoms with E-state index in [9.17, 15) is 4.79 Å². The molecule has 0 saturated heterocycles. The van der Waals surface area contributed by atoms with Gasteiger partial charge in [-0.1, -0.05) is 27.9 Å². The second-order valence-corrected chi connectivity index (χ2v) is 3.12. The fourth-order valence-electron chi connectivity index (χ4n) is 0.646. The van der Waals surface area contributed by atoms with Crippen molar-refractivity contribution in [3.8, 4) is 12.3 Å². The summed E-state index contributed by atoms with van der Waals surface area (Å²) >= 11 is 3.31. The molecule has 0 unspecified atom stereocenters. The normalized spacial score (nSPS) is 7.79. The van der Waals surface area contributed by atoms with Crippen LogP contribution in [0.25, 0.3) is 0 Å². The highest BCUT2D eigenvalue weighted by atomic mass is 79.9. The van der Waals surface area contributed by atoms with Crippen LogP contribution in [0.1, 0.15) is 12.5 Å².